The molecule has 33 heavy (non-hydrogen) atoms. The van der Waals surface area contributed by atoms with E-state index in [-0.39, 0.29) is 16.9 Å². The van der Waals surface area contributed by atoms with Gasteiger partial charge in [0.15, 0.2) is 0 Å². The SMILES string of the molecule is C/C(=C/CCC(C)[C@H]1CC[C@@]2(C)[C@@H]3CC[C@H]4C(C)(C)C(O)CC[C@]4(C)C3=CC[C@]12C)C(=O)O. The Morgan fingerprint density at radius 3 is 2.45 bits per heavy atom. The van der Waals surface area contributed by atoms with Crippen LogP contribution in [0.5, 0.6) is 0 Å². The van der Waals surface area contributed by atoms with Gasteiger partial charge in [-0.2, -0.15) is 0 Å². The van der Waals surface area contributed by atoms with E-state index >= 15 is 0 Å². The zero-order chi connectivity index (χ0) is 24.4. The Morgan fingerprint density at radius 2 is 1.79 bits per heavy atom. The molecule has 3 saturated carbocycles. The lowest BCUT2D eigenvalue weighted by Crippen LogP contribution is -2.57. The summed E-state index contributed by atoms with van der Waals surface area (Å²) in [7, 11) is 0. The minimum atomic E-state index is -0.796. The van der Waals surface area contributed by atoms with Crippen molar-refractivity contribution in [2.24, 2.45) is 45.3 Å². The van der Waals surface area contributed by atoms with Crippen LogP contribution in [0.4, 0.5) is 0 Å². The van der Waals surface area contributed by atoms with Crippen LogP contribution in [0.25, 0.3) is 0 Å². The molecule has 4 rings (SSSR count). The molecule has 0 heterocycles. The van der Waals surface area contributed by atoms with Crippen LogP contribution >= 0.6 is 0 Å². The molecule has 2 unspecified atom stereocenters. The van der Waals surface area contributed by atoms with Gasteiger partial charge in [-0.1, -0.05) is 59.3 Å². The Hall–Kier alpha value is -1.09. The molecule has 4 aliphatic carbocycles. The van der Waals surface area contributed by atoms with Gasteiger partial charge in [0, 0.05) is 5.57 Å². The largest absolute Gasteiger partial charge is 0.478 e. The molecule has 2 N–H and O–H groups in total. The normalized spacial score (nSPS) is 45.5. The standard InChI is InChI=1S/C30H48O3/c1-19(9-8-10-20(2)26(32)33)21-13-17-30(7)23-11-12-24-27(3,4)25(31)15-16-28(24,5)22(23)14-18-29(21,30)6/h10,14,19,21,23-25,31H,8-9,11-13,15-18H2,1-7H3,(H,32,33)/b20-10-/t19?,21-,23-,24+,25?,28-,29-,30+/m1/s1. The van der Waals surface area contributed by atoms with Crippen molar-refractivity contribution >= 4 is 5.97 Å². The number of hydrogen-bond acceptors (Lipinski definition) is 2. The first kappa shape index (κ1) is 25.0. The lowest BCUT2D eigenvalue weighted by molar-refractivity contribution is -0.132. The highest BCUT2D eigenvalue weighted by Gasteiger charge is 2.65. The van der Waals surface area contributed by atoms with Crippen LogP contribution in [0.1, 0.15) is 106 Å². The zero-order valence-electron chi connectivity index (χ0n) is 22.2. The van der Waals surface area contributed by atoms with E-state index in [1.165, 1.54) is 32.1 Å². The van der Waals surface area contributed by atoms with E-state index in [1.807, 2.05) is 6.08 Å². The van der Waals surface area contributed by atoms with Crippen molar-refractivity contribution in [1.29, 1.82) is 0 Å². The summed E-state index contributed by atoms with van der Waals surface area (Å²) in [5, 5.41) is 20.0. The fraction of sp³-hybridized carbons (Fsp3) is 0.833. The first-order chi connectivity index (χ1) is 15.3. The number of aliphatic hydroxyl groups is 1. The number of carboxylic acids is 1. The molecule has 0 radical (unpaired) electrons. The van der Waals surface area contributed by atoms with E-state index in [1.54, 1.807) is 12.5 Å². The summed E-state index contributed by atoms with van der Waals surface area (Å²) in [4.78, 5) is 11.1. The average molecular weight is 457 g/mol. The number of allylic oxidation sites excluding steroid dienone is 3. The van der Waals surface area contributed by atoms with Gasteiger partial charge in [-0.05, 0) is 110 Å². The predicted molar refractivity (Wildman–Crippen MR) is 135 cm³/mol. The average Bonchev–Trinajstić information content (AvgIpc) is 3.02. The van der Waals surface area contributed by atoms with Gasteiger partial charge >= 0.3 is 5.97 Å². The van der Waals surface area contributed by atoms with Gasteiger partial charge in [0.2, 0.25) is 0 Å². The molecule has 0 aromatic carbocycles. The molecular formula is C30H48O3. The Kier molecular flexibility index (Phi) is 6.25. The van der Waals surface area contributed by atoms with E-state index < -0.39 is 5.97 Å². The van der Waals surface area contributed by atoms with Crippen LogP contribution in [0, 0.1) is 45.3 Å². The van der Waals surface area contributed by atoms with Crippen LogP contribution < -0.4 is 0 Å². The molecule has 8 atom stereocenters. The predicted octanol–water partition coefficient (Wildman–Crippen LogP) is 7.40. The third-order valence-corrected chi connectivity index (χ3v) is 12.0. The summed E-state index contributed by atoms with van der Waals surface area (Å²) < 4.78 is 0. The molecule has 3 fully saturated rings. The number of aliphatic carboxylic acids is 1. The first-order valence-electron chi connectivity index (χ1n) is 13.6. The summed E-state index contributed by atoms with van der Waals surface area (Å²) in [5.41, 5.74) is 3.11. The minimum Gasteiger partial charge on any atom is -0.478 e. The fourth-order valence-electron chi connectivity index (χ4n) is 9.52. The van der Waals surface area contributed by atoms with Gasteiger partial charge in [-0.25, -0.2) is 4.79 Å². The lowest BCUT2D eigenvalue weighted by atomic mass is 9.41. The Balaban J connectivity index is 1.59. The molecular weight excluding hydrogens is 408 g/mol. The Bertz CT molecular complexity index is 853. The highest BCUT2D eigenvalue weighted by atomic mass is 16.4. The number of rotatable bonds is 5. The van der Waals surface area contributed by atoms with Gasteiger partial charge in [-0.15, -0.1) is 0 Å². The third-order valence-electron chi connectivity index (χ3n) is 12.0. The molecule has 0 aromatic heterocycles. The van der Waals surface area contributed by atoms with Crippen molar-refractivity contribution in [2.75, 3.05) is 0 Å². The maximum absolute atomic E-state index is 11.1. The second kappa shape index (κ2) is 8.25. The van der Waals surface area contributed by atoms with Crippen molar-refractivity contribution in [3.63, 3.8) is 0 Å². The monoisotopic (exact) mass is 456 g/mol. The molecule has 0 bridgehead atoms. The molecule has 0 aromatic rings. The second-order valence-electron chi connectivity index (χ2n) is 13.6. The minimum absolute atomic E-state index is 0.00517. The molecule has 4 aliphatic rings. The number of aliphatic hydroxyl groups excluding tert-OH is 1. The van der Waals surface area contributed by atoms with Crippen LogP contribution in [0.3, 0.4) is 0 Å². The molecule has 0 amide bonds. The Labute approximate surface area is 202 Å². The van der Waals surface area contributed by atoms with Crippen molar-refractivity contribution in [3.05, 3.63) is 23.3 Å². The molecule has 3 heteroatoms. The highest BCUT2D eigenvalue weighted by Crippen LogP contribution is 2.73. The van der Waals surface area contributed by atoms with Gasteiger partial charge in [0.1, 0.15) is 0 Å². The van der Waals surface area contributed by atoms with Crippen molar-refractivity contribution < 1.29 is 15.0 Å². The third kappa shape index (κ3) is 3.58. The van der Waals surface area contributed by atoms with Gasteiger partial charge in [0.05, 0.1) is 6.10 Å². The summed E-state index contributed by atoms with van der Waals surface area (Å²) in [5.74, 6) is 1.77. The number of hydrogen-bond donors (Lipinski definition) is 2. The Morgan fingerprint density at radius 1 is 1.09 bits per heavy atom. The van der Waals surface area contributed by atoms with E-state index in [2.05, 4.69) is 47.6 Å². The number of carboxylic acid groups (broad SMARTS) is 1. The summed E-state index contributed by atoms with van der Waals surface area (Å²) in [6.45, 7) is 16.5. The second-order valence-corrected chi connectivity index (χ2v) is 13.6. The van der Waals surface area contributed by atoms with Crippen molar-refractivity contribution in [3.8, 4) is 0 Å². The molecule has 0 saturated heterocycles. The van der Waals surface area contributed by atoms with Crippen LogP contribution in [-0.2, 0) is 4.79 Å². The molecule has 0 spiro atoms. The summed E-state index contributed by atoms with van der Waals surface area (Å²) in [6, 6.07) is 0. The topological polar surface area (TPSA) is 57.5 Å². The maximum Gasteiger partial charge on any atom is 0.330 e. The summed E-state index contributed by atoms with van der Waals surface area (Å²) in [6.07, 6.45) is 14.7. The number of carbonyl (C=O) groups is 1. The van der Waals surface area contributed by atoms with E-state index in [0.29, 0.717) is 40.1 Å². The first-order valence-corrected chi connectivity index (χ1v) is 13.6. The molecule has 0 aliphatic heterocycles. The van der Waals surface area contributed by atoms with Crippen LogP contribution in [0.15, 0.2) is 23.3 Å². The van der Waals surface area contributed by atoms with Gasteiger partial charge in [0.25, 0.3) is 0 Å². The quantitative estimate of drug-likeness (QED) is 0.335. The lowest BCUT2D eigenvalue weighted by Gasteiger charge is -2.64. The van der Waals surface area contributed by atoms with Crippen LogP contribution in [-0.4, -0.2) is 22.3 Å². The van der Waals surface area contributed by atoms with Crippen molar-refractivity contribution in [1.82, 2.24) is 0 Å². The van der Waals surface area contributed by atoms with E-state index in [0.717, 1.165) is 25.7 Å². The zero-order valence-corrected chi connectivity index (χ0v) is 22.2. The highest BCUT2D eigenvalue weighted by molar-refractivity contribution is 5.85. The molecule has 3 nitrogen and oxygen atoms in total. The van der Waals surface area contributed by atoms with Gasteiger partial charge in [-0.3, -0.25) is 0 Å². The summed E-state index contributed by atoms with van der Waals surface area (Å²) >= 11 is 0. The van der Waals surface area contributed by atoms with E-state index in [4.69, 9.17) is 5.11 Å². The fourth-order valence-corrected chi connectivity index (χ4v) is 9.52. The van der Waals surface area contributed by atoms with E-state index in [9.17, 15) is 9.90 Å². The smallest absolute Gasteiger partial charge is 0.330 e. The maximum atomic E-state index is 11.1. The van der Waals surface area contributed by atoms with Gasteiger partial charge < -0.3 is 10.2 Å². The van der Waals surface area contributed by atoms with Crippen molar-refractivity contribution in [2.45, 2.75) is 112 Å². The van der Waals surface area contributed by atoms with Crippen LogP contribution in [0.2, 0.25) is 0 Å². The number of fused-ring (bicyclic) bond motifs is 5. The molecule has 186 valence electrons.